The van der Waals surface area contributed by atoms with Gasteiger partial charge in [0.15, 0.2) is 4.34 Å². The molecule has 0 saturated heterocycles. The highest BCUT2D eigenvalue weighted by Crippen LogP contribution is 2.33. The Balaban J connectivity index is 1.88. The van der Waals surface area contributed by atoms with Crippen LogP contribution in [-0.2, 0) is 0 Å². The zero-order chi connectivity index (χ0) is 13.8. The minimum Gasteiger partial charge on any atom is -0.335 e. The molecule has 0 unspecified atom stereocenters. The molecular weight excluding hydrogens is 306 g/mol. The first-order valence-electron chi connectivity index (χ1n) is 5.46. The van der Waals surface area contributed by atoms with E-state index in [0.29, 0.717) is 22.4 Å². The van der Waals surface area contributed by atoms with Crippen LogP contribution in [0.25, 0.3) is 10.2 Å². The van der Waals surface area contributed by atoms with Crippen LogP contribution in [0.3, 0.4) is 0 Å². The highest BCUT2D eigenvalue weighted by Gasteiger charge is 2.08. The second kappa shape index (κ2) is 6.42. The van der Waals surface area contributed by atoms with E-state index in [-0.39, 0.29) is 0 Å². The van der Waals surface area contributed by atoms with E-state index in [0.717, 1.165) is 14.6 Å². The molecule has 1 aromatic carbocycles. The van der Waals surface area contributed by atoms with E-state index in [9.17, 15) is 4.79 Å². The summed E-state index contributed by atoms with van der Waals surface area (Å²) in [4.78, 5) is 15.5. The average molecular weight is 318 g/mol. The van der Waals surface area contributed by atoms with Gasteiger partial charge < -0.3 is 5.32 Å². The fraction of sp³-hybridized carbons (Fsp3) is 0.273. The summed E-state index contributed by atoms with van der Waals surface area (Å²) in [6.07, 6.45) is 0. The van der Waals surface area contributed by atoms with E-state index in [1.807, 2.05) is 18.2 Å². The molecule has 0 aliphatic rings. The van der Waals surface area contributed by atoms with Crippen molar-refractivity contribution in [2.45, 2.75) is 4.34 Å². The Labute approximate surface area is 123 Å². The molecule has 0 bridgehead atoms. The van der Waals surface area contributed by atoms with Crippen molar-refractivity contribution < 1.29 is 10.0 Å². The van der Waals surface area contributed by atoms with Crippen LogP contribution in [0.2, 0.25) is 5.02 Å². The van der Waals surface area contributed by atoms with Crippen LogP contribution in [0.1, 0.15) is 0 Å². The lowest BCUT2D eigenvalue weighted by Gasteiger charge is -2.09. The number of carbonyl (C=O) groups is 1. The van der Waals surface area contributed by atoms with Gasteiger partial charge in [-0.2, -0.15) is 0 Å². The molecule has 2 aromatic rings. The summed E-state index contributed by atoms with van der Waals surface area (Å²) in [6.45, 7) is 0.456. The number of rotatable bonds is 4. The number of urea groups is 1. The van der Waals surface area contributed by atoms with E-state index < -0.39 is 6.03 Å². The Morgan fingerprint density at radius 1 is 1.63 bits per heavy atom. The molecule has 2 rings (SSSR count). The smallest absolute Gasteiger partial charge is 0.335 e. The summed E-state index contributed by atoms with van der Waals surface area (Å²) in [6, 6.07) is 5.11. The molecule has 0 atom stereocenters. The van der Waals surface area contributed by atoms with Gasteiger partial charge in [-0.3, -0.25) is 5.21 Å². The summed E-state index contributed by atoms with van der Waals surface area (Å²) in [5.74, 6) is 0.678. The number of aromatic nitrogens is 1. The van der Waals surface area contributed by atoms with Gasteiger partial charge in [-0.25, -0.2) is 14.8 Å². The van der Waals surface area contributed by atoms with E-state index in [2.05, 4.69) is 10.3 Å². The van der Waals surface area contributed by atoms with Crippen molar-refractivity contribution >= 4 is 50.9 Å². The van der Waals surface area contributed by atoms with Crippen LogP contribution < -0.4 is 5.32 Å². The van der Waals surface area contributed by atoms with Crippen LogP contribution in [0.4, 0.5) is 4.79 Å². The predicted octanol–water partition coefficient (Wildman–Crippen LogP) is 3.07. The van der Waals surface area contributed by atoms with Crippen molar-refractivity contribution in [2.24, 2.45) is 0 Å². The number of thioether (sulfide) groups is 1. The number of nitrogens with zero attached hydrogens (tertiary/aromatic N) is 2. The molecule has 5 nitrogen and oxygen atoms in total. The standard InChI is InChI=1S/C11H12ClN3O2S2/c1-15(17)10(16)13-5-6-18-11-14-8-4-2-3-7(12)9(8)19-11/h2-4,17H,5-6H2,1H3,(H,13,16). The molecule has 0 spiro atoms. The van der Waals surface area contributed by atoms with Crippen molar-refractivity contribution in [2.75, 3.05) is 19.3 Å². The minimum atomic E-state index is -0.520. The third kappa shape index (κ3) is 3.73. The molecule has 0 fully saturated rings. The topological polar surface area (TPSA) is 65.5 Å². The molecule has 2 amide bonds. The first-order valence-corrected chi connectivity index (χ1v) is 7.64. The lowest BCUT2D eigenvalue weighted by molar-refractivity contribution is -0.0180. The van der Waals surface area contributed by atoms with Gasteiger partial charge in [-0.1, -0.05) is 29.4 Å². The second-order valence-electron chi connectivity index (χ2n) is 3.67. The zero-order valence-electron chi connectivity index (χ0n) is 10.1. The molecular formula is C11H12ClN3O2S2. The number of fused-ring (bicyclic) bond motifs is 1. The SMILES string of the molecule is CN(O)C(=O)NCCSc1nc2cccc(Cl)c2s1. The van der Waals surface area contributed by atoms with Gasteiger partial charge >= 0.3 is 6.03 Å². The van der Waals surface area contributed by atoms with Crippen molar-refractivity contribution in [3.63, 3.8) is 0 Å². The van der Waals surface area contributed by atoms with E-state index in [4.69, 9.17) is 16.8 Å². The highest BCUT2D eigenvalue weighted by atomic mass is 35.5. The van der Waals surface area contributed by atoms with E-state index in [1.165, 1.54) is 18.4 Å². The molecule has 8 heteroatoms. The fourth-order valence-corrected chi connectivity index (χ4v) is 3.63. The summed E-state index contributed by atoms with van der Waals surface area (Å²) in [5.41, 5.74) is 0.888. The first-order chi connectivity index (χ1) is 9.08. The van der Waals surface area contributed by atoms with Gasteiger partial charge in [0.1, 0.15) is 0 Å². The van der Waals surface area contributed by atoms with Gasteiger partial charge in [-0.15, -0.1) is 11.3 Å². The normalized spacial score (nSPS) is 10.7. The zero-order valence-corrected chi connectivity index (χ0v) is 12.5. The van der Waals surface area contributed by atoms with Crippen LogP contribution in [0, 0.1) is 0 Å². The molecule has 2 N–H and O–H groups in total. The van der Waals surface area contributed by atoms with Crippen molar-refractivity contribution in [1.82, 2.24) is 15.4 Å². The van der Waals surface area contributed by atoms with Crippen molar-refractivity contribution in [3.8, 4) is 0 Å². The Morgan fingerprint density at radius 2 is 2.42 bits per heavy atom. The number of hydrogen-bond acceptors (Lipinski definition) is 5. The largest absolute Gasteiger partial charge is 0.340 e. The van der Waals surface area contributed by atoms with Gasteiger partial charge in [0.05, 0.1) is 15.2 Å². The van der Waals surface area contributed by atoms with Crippen LogP contribution in [0.5, 0.6) is 0 Å². The molecule has 0 aliphatic carbocycles. The first kappa shape index (κ1) is 14.4. The number of nitrogens with one attached hydrogen (secondary N) is 1. The molecule has 0 saturated carbocycles. The number of amides is 2. The second-order valence-corrected chi connectivity index (χ2v) is 6.42. The maximum atomic E-state index is 11.1. The minimum absolute atomic E-state index is 0.456. The van der Waals surface area contributed by atoms with Crippen LogP contribution in [-0.4, -0.2) is 40.6 Å². The van der Waals surface area contributed by atoms with Crippen molar-refractivity contribution in [1.29, 1.82) is 0 Å². The summed E-state index contributed by atoms with van der Waals surface area (Å²) in [5, 5.41) is 12.6. The number of halogens is 1. The average Bonchev–Trinajstić information content (AvgIpc) is 2.78. The van der Waals surface area contributed by atoms with Crippen LogP contribution >= 0.6 is 34.7 Å². The van der Waals surface area contributed by atoms with Gasteiger partial charge in [-0.05, 0) is 12.1 Å². The molecule has 0 aliphatic heterocycles. The van der Waals surface area contributed by atoms with Crippen molar-refractivity contribution in [3.05, 3.63) is 23.2 Å². The number of thiazole rings is 1. The fourth-order valence-electron chi connectivity index (χ4n) is 1.37. The van der Waals surface area contributed by atoms with Gasteiger partial charge in [0, 0.05) is 19.3 Å². The lowest BCUT2D eigenvalue weighted by atomic mass is 10.3. The Hall–Kier alpha value is -1.02. The number of benzene rings is 1. The number of carbonyl (C=O) groups excluding carboxylic acids is 1. The summed E-state index contributed by atoms with van der Waals surface area (Å²) < 4.78 is 1.89. The molecule has 1 heterocycles. The predicted molar refractivity (Wildman–Crippen MR) is 78.3 cm³/mol. The maximum absolute atomic E-state index is 11.1. The quantitative estimate of drug-likeness (QED) is 0.394. The lowest BCUT2D eigenvalue weighted by Crippen LogP contribution is -2.36. The Morgan fingerprint density at radius 3 is 3.11 bits per heavy atom. The summed E-state index contributed by atoms with van der Waals surface area (Å²) in [7, 11) is 1.28. The maximum Gasteiger partial charge on any atom is 0.340 e. The van der Waals surface area contributed by atoms with E-state index in [1.54, 1.807) is 11.8 Å². The number of hydroxylamine groups is 2. The van der Waals surface area contributed by atoms with Gasteiger partial charge in [0.2, 0.25) is 0 Å². The van der Waals surface area contributed by atoms with E-state index >= 15 is 0 Å². The van der Waals surface area contributed by atoms with Crippen LogP contribution in [0.15, 0.2) is 22.5 Å². The monoisotopic (exact) mass is 317 g/mol. The number of hydrogen-bond donors (Lipinski definition) is 2. The molecule has 102 valence electrons. The van der Waals surface area contributed by atoms with Gasteiger partial charge in [0.25, 0.3) is 0 Å². The third-order valence-electron chi connectivity index (χ3n) is 2.25. The summed E-state index contributed by atoms with van der Waals surface area (Å²) >= 11 is 9.16. The third-order valence-corrected chi connectivity index (χ3v) is 4.92. The Bertz CT molecular complexity index is 588. The molecule has 0 radical (unpaired) electrons. The molecule has 19 heavy (non-hydrogen) atoms. The highest BCUT2D eigenvalue weighted by molar-refractivity contribution is 8.01. The molecule has 1 aromatic heterocycles. The Kier molecular flexibility index (Phi) is 4.87.